The van der Waals surface area contributed by atoms with E-state index in [0.717, 1.165) is 25.7 Å². The van der Waals surface area contributed by atoms with Gasteiger partial charge in [0.05, 0.1) is 0 Å². The Labute approximate surface area is 80.2 Å². The lowest BCUT2D eigenvalue weighted by atomic mass is 10.1. The van der Waals surface area contributed by atoms with Crippen LogP contribution in [-0.2, 0) is 6.42 Å². The molecule has 0 bridgehead atoms. The van der Waals surface area contributed by atoms with Crippen molar-refractivity contribution in [3.8, 4) is 11.8 Å². The second-order valence-corrected chi connectivity index (χ2v) is 2.96. The predicted octanol–water partition coefficient (Wildman–Crippen LogP) is 2.82. The van der Waals surface area contributed by atoms with E-state index in [4.69, 9.17) is 0 Å². The van der Waals surface area contributed by atoms with Gasteiger partial charge in [-0.05, 0) is 24.5 Å². The molecular formula is C12H15N. The zero-order valence-corrected chi connectivity index (χ0v) is 8.09. The SMILES string of the molecule is CCCC#CCCc1cccnc1. The molecule has 0 spiro atoms. The standard InChI is InChI=1S/C12H15N/c1-2-3-4-5-6-8-12-9-7-10-13-11-12/h7,9-11H,2-3,6,8H2,1H3. The van der Waals surface area contributed by atoms with Gasteiger partial charge < -0.3 is 0 Å². The molecule has 13 heavy (non-hydrogen) atoms. The van der Waals surface area contributed by atoms with E-state index in [2.05, 4.69) is 29.8 Å². The van der Waals surface area contributed by atoms with Crippen LogP contribution in [0.4, 0.5) is 0 Å². The van der Waals surface area contributed by atoms with Crippen LogP contribution in [0.15, 0.2) is 24.5 Å². The molecule has 0 amide bonds. The van der Waals surface area contributed by atoms with Gasteiger partial charge in [-0.25, -0.2) is 0 Å². The number of hydrogen-bond donors (Lipinski definition) is 0. The molecule has 0 atom stereocenters. The van der Waals surface area contributed by atoms with E-state index in [9.17, 15) is 0 Å². The Morgan fingerprint density at radius 1 is 1.31 bits per heavy atom. The molecule has 0 saturated heterocycles. The van der Waals surface area contributed by atoms with Gasteiger partial charge in [0.25, 0.3) is 0 Å². The highest BCUT2D eigenvalue weighted by molar-refractivity contribution is 5.11. The lowest BCUT2D eigenvalue weighted by molar-refractivity contribution is 0.971. The van der Waals surface area contributed by atoms with E-state index in [0.29, 0.717) is 0 Å². The first-order valence-electron chi connectivity index (χ1n) is 4.78. The molecule has 0 saturated carbocycles. The average Bonchev–Trinajstić information content (AvgIpc) is 2.19. The first-order valence-corrected chi connectivity index (χ1v) is 4.78. The minimum absolute atomic E-state index is 0.950. The summed E-state index contributed by atoms with van der Waals surface area (Å²) >= 11 is 0. The van der Waals surface area contributed by atoms with Crippen LogP contribution < -0.4 is 0 Å². The maximum Gasteiger partial charge on any atom is 0.0300 e. The molecule has 0 aliphatic heterocycles. The fraction of sp³-hybridized carbons (Fsp3) is 0.417. The van der Waals surface area contributed by atoms with Crippen LogP contribution in [0.5, 0.6) is 0 Å². The highest BCUT2D eigenvalue weighted by atomic mass is 14.6. The second kappa shape index (κ2) is 6.25. The topological polar surface area (TPSA) is 12.9 Å². The molecule has 1 nitrogen and oxygen atoms in total. The number of rotatable bonds is 3. The first-order chi connectivity index (χ1) is 6.43. The maximum absolute atomic E-state index is 4.05. The van der Waals surface area contributed by atoms with E-state index < -0.39 is 0 Å². The normalized spacial score (nSPS) is 9.00. The summed E-state index contributed by atoms with van der Waals surface area (Å²) in [5.41, 5.74) is 1.27. The first kappa shape index (κ1) is 9.80. The number of unbranched alkanes of at least 4 members (excludes halogenated alkanes) is 1. The summed E-state index contributed by atoms with van der Waals surface area (Å²) in [7, 11) is 0. The molecule has 68 valence electrons. The average molecular weight is 173 g/mol. The summed E-state index contributed by atoms with van der Waals surface area (Å²) in [6.45, 7) is 2.15. The second-order valence-electron chi connectivity index (χ2n) is 2.96. The van der Waals surface area contributed by atoms with E-state index >= 15 is 0 Å². The predicted molar refractivity (Wildman–Crippen MR) is 55.2 cm³/mol. The molecule has 0 aromatic carbocycles. The Hall–Kier alpha value is -1.29. The van der Waals surface area contributed by atoms with Crippen molar-refractivity contribution in [2.75, 3.05) is 0 Å². The van der Waals surface area contributed by atoms with Gasteiger partial charge in [-0.2, -0.15) is 0 Å². The largest absolute Gasteiger partial charge is 0.264 e. The number of hydrogen-bond acceptors (Lipinski definition) is 1. The molecule has 0 N–H and O–H groups in total. The van der Waals surface area contributed by atoms with Crippen molar-refractivity contribution in [2.24, 2.45) is 0 Å². The highest BCUT2D eigenvalue weighted by Crippen LogP contribution is 1.99. The Morgan fingerprint density at radius 2 is 2.15 bits per heavy atom. The zero-order chi connectivity index (χ0) is 9.36. The molecule has 0 fully saturated rings. The number of aromatic nitrogens is 1. The Morgan fingerprint density at radius 3 is 2.85 bits per heavy atom. The Kier molecular flexibility index (Phi) is 4.71. The van der Waals surface area contributed by atoms with Crippen molar-refractivity contribution >= 4 is 0 Å². The van der Waals surface area contributed by atoms with E-state index in [1.165, 1.54) is 5.56 Å². The van der Waals surface area contributed by atoms with Gasteiger partial charge in [-0.1, -0.05) is 13.0 Å². The van der Waals surface area contributed by atoms with Crippen LogP contribution >= 0.6 is 0 Å². The van der Waals surface area contributed by atoms with Gasteiger partial charge in [0.15, 0.2) is 0 Å². The minimum Gasteiger partial charge on any atom is -0.264 e. The van der Waals surface area contributed by atoms with Crippen LogP contribution in [0.3, 0.4) is 0 Å². The quantitative estimate of drug-likeness (QED) is 0.640. The van der Waals surface area contributed by atoms with Crippen molar-refractivity contribution in [1.82, 2.24) is 4.98 Å². The molecule has 1 heteroatoms. The summed E-state index contributed by atoms with van der Waals surface area (Å²) in [5.74, 6) is 6.29. The lowest BCUT2D eigenvalue weighted by Crippen LogP contribution is -1.83. The summed E-state index contributed by atoms with van der Waals surface area (Å²) in [4.78, 5) is 4.05. The Bertz CT molecular complexity index is 279. The fourth-order valence-electron chi connectivity index (χ4n) is 1.05. The monoisotopic (exact) mass is 173 g/mol. The van der Waals surface area contributed by atoms with Crippen molar-refractivity contribution in [1.29, 1.82) is 0 Å². The summed E-state index contributed by atoms with van der Waals surface area (Å²) < 4.78 is 0. The van der Waals surface area contributed by atoms with Crippen molar-refractivity contribution in [2.45, 2.75) is 32.6 Å². The number of aryl methyl sites for hydroxylation is 1. The van der Waals surface area contributed by atoms with Crippen molar-refractivity contribution < 1.29 is 0 Å². The summed E-state index contributed by atoms with van der Waals surface area (Å²) in [6.07, 6.45) is 7.84. The minimum atomic E-state index is 0.950. The van der Waals surface area contributed by atoms with Crippen molar-refractivity contribution in [3.05, 3.63) is 30.1 Å². The molecule has 1 rings (SSSR count). The van der Waals surface area contributed by atoms with Gasteiger partial charge in [-0.3, -0.25) is 4.98 Å². The molecular weight excluding hydrogens is 158 g/mol. The molecule has 1 heterocycles. The number of pyridine rings is 1. The van der Waals surface area contributed by atoms with Crippen LogP contribution in [0, 0.1) is 11.8 Å². The molecule has 1 aromatic rings. The molecule has 0 unspecified atom stereocenters. The third-order valence-corrected chi connectivity index (χ3v) is 1.76. The maximum atomic E-state index is 4.05. The van der Waals surface area contributed by atoms with Gasteiger partial charge >= 0.3 is 0 Å². The molecule has 0 radical (unpaired) electrons. The Balaban J connectivity index is 2.25. The number of nitrogens with zero attached hydrogens (tertiary/aromatic N) is 1. The fourth-order valence-corrected chi connectivity index (χ4v) is 1.05. The van der Waals surface area contributed by atoms with Gasteiger partial charge in [0.2, 0.25) is 0 Å². The molecule has 0 aliphatic carbocycles. The third-order valence-electron chi connectivity index (χ3n) is 1.76. The zero-order valence-electron chi connectivity index (χ0n) is 8.09. The summed E-state index contributed by atoms with van der Waals surface area (Å²) in [5, 5.41) is 0. The van der Waals surface area contributed by atoms with Crippen molar-refractivity contribution in [3.63, 3.8) is 0 Å². The smallest absolute Gasteiger partial charge is 0.0300 e. The van der Waals surface area contributed by atoms with E-state index in [1.807, 2.05) is 12.3 Å². The van der Waals surface area contributed by atoms with Crippen LogP contribution in [0.25, 0.3) is 0 Å². The van der Waals surface area contributed by atoms with Crippen LogP contribution in [0.1, 0.15) is 31.7 Å². The van der Waals surface area contributed by atoms with Gasteiger partial charge in [0.1, 0.15) is 0 Å². The lowest BCUT2D eigenvalue weighted by Gasteiger charge is -1.93. The van der Waals surface area contributed by atoms with Crippen LogP contribution in [-0.4, -0.2) is 4.98 Å². The highest BCUT2D eigenvalue weighted by Gasteiger charge is 1.87. The van der Waals surface area contributed by atoms with Gasteiger partial charge in [-0.15, -0.1) is 11.8 Å². The van der Waals surface area contributed by atoms with E-state index in [1.54, 1.807) is 6.20 Å². The van der Waals surface area contributed by atoms with Crippen LogP contribution in [0.2, 0.25) is 0 Å². The third kappa shape index (κ3) is 4.32. The summed E-state index contributed by atoms with van der Waals surface area (Å²) in [6, 6.07) is 4.06. The molecule has 1 aromatic heterocycles. The van der Waals surface area contributed by atoms with Gasteiger partial charge in [0, 0.05) is 25.2 Å². The molecule has 0 aliphatic rings. The van der Waals surface area contributed by atoms with E-state index in [-0.39, 0.29) is 0 Å².